The van der Waals surface area contributed by atoms with E-state index in [1.54, 1.807) is 0 Å². The molecule has 15 heteroatoms. The molecule has 0 aliphatic rings. The smallest absolute Gasteiger partial charge is 0.746 e. The molecule has 0 saturated carbocycles. The number of rotatable bonds is 4. The van der Waals surface area contributed by atoms with Crippen LogP contribution in [0.5, 0.6) is 0 Å². The zero-order valence-electron chi connectivity index (χ0n) is 8.99. The van der Waals surface area contributed by atoms with E-state index in [4.69, 9.17) is 0 Å². The van der Waals surface area contributed by atoms with E-state index in [9.17, 15) is 56.9 Å². The van der Waals surface area contributed by atoms with Crippen molar-refractivity contribution in [2.24, 2.45) is 0 Å². The quantitative estimate of drug-likeness (QED) is 0.387. The summed E-state index contributed by atoms with van der Waals surface area (Å²) in [6.45, 7) is 0. The Morgan fingerprint density at radius 3 is 1.30 bits per heavy atom. The molecule has 0 amide bonds. The maximum atomic E-state index is 12.4. The second kappa shape index (κ2) is 5.54. The summed E-state index contributed by atoms with van der Waals surface area (Å²) in [4.78, 5) is 0. The van der Waals surface area contributed by atoms with Crippen LogP contribution in [0.25, 0.3) is 0 Å². The number of hydrogen-bond donors (Lipinski definition) is 0. The minimum Gasteiger partial charge on any atom is -0.746 e. The average Bonchev–Trinajstić information content (AvgIpc) is 2.12. The Balaban J connectivity index is 0. The van der Waals surface area contributed by atoms with Crippen LogP contribution >= 0.6 is 0 Å². The third-order valence-electron chi connectivity index (χ3n) is 1.71. The van der Waals surface area contributed by atoms with Crippen molar-refractivity contribution in [1.82, 2.24) is 0 Å². The molecule has 0 aromatic heterocycles. The van der Waals surface area contributed by atoms with Crippen LogP contribution < -0.4 is 18.9 Å². The average molecular weight is 338 g/mol. The Labute approximate surface area is 116 Å². The summed E-state index contributed by atoms with van der Waals surface area (Å²) >= 11 is 0. The molecule has 0 aromatic carbocycles. The van der Waals surface area contributed by atoms with Crippen molar-refractivity contribution >= 4 is 10.1 Å². The van der Waals surface area contributed by atoms with Gasteiger partial charge >= 0.3 is 42.8 Å². The predicted molar refractivity (Wildman–Crippen MR) is 35.5 cm³/mol. The van der Waals surface area contributed by atoms with Gasteiger partial charge in [-0.15, -0.1) is 0 Å². The fourth-order valence-corrected chi connectivity index (χ4v) is 1.22. The molecule has 3 nitrogen and oxygen atoms in total. The van der Waals surface area contributed by atoms with Crippen molar-refractivity contribution in [1.29, 1.82) is 0 Å². The van der Waals surface area contributed by atoms with Crippen molar-refractivity contribution in [2.75, 3.05) is 0 Å². The van der Waals surface area contributed by atoms with Gasteiger partial charge in [0.2, 0.25) is 0 Å². The largest absolute Gasteiger partial charge is 1.00 e. The molecule has 1 unspecified atom stereocenters. The Morgan fingerprint density at radius 1 is 0.800 bits per heavy atom. The third-order valence-corrected chi connectivity index (χ3v) is 2.51. The standard InChI is InChI=1S/C5H2F10O3S.Li/c6-1(19(16,17)18)2(7,8)3(9,10)4(11,12)5(13,14)15;/h1H,(H,16,17,18);/q;+1/p-1. The van der Waals surface area contributed by atoms with Crippen molar-refractivity contribution in [3.05, 3.63) is 0 Å². The maximum Gasteiger partial charge on any atom is 1.00 e. The fraction of sp³-hybridized carbons (Fsp3) is 1.00. The maximum absolute atomic E-state index is 12.4. The number of hydrogen-bond acceptors (Lipinski definition) is 3. The zero-order valence-corrected chi connectivity index (χ0v) is 9.81. The SMILES string of the molecule is O=S(=O)([O-])C(F)C(F)(F)C(F)(F)C(F)(F)C(F)(F)F.[Li+]. The summed E-state index contributed by atoms with van der Waals surface area (Å²) in [5.74, 6) is -22.0. The van der Waals surface area contributed by atoms with Gasteiger partial charge in [-0.1, -0.05) is 0 Å². The fourth-order valence-electron chi connectivity index (χ4n) is 0.711. The minimum absolute atomic E-state index is 0. The van der Waals surface area contributed by atoms with Crippen molar-refractivity contribution in [3.8, 4) is 0 Å². The van der Waals surface area contributed by atoms with Crippen LogP contribution in [0, 0.1) is 0 Å². The molecular formula is C5HF10LiO3S. The monoisotopic (exact) mass is 338 g/mol. The zero-order chi connectivity index (χ0) is 16.1. The van der Waals surface area contributed by atoms with E-state index in [0.29, 0.717) is 0 Å². The Morgan fingerprint density at radius 2 is 1.10 bits per heavy atom. The van der Waals surface area contributed by atoms with Crippen molar-refractivity contribution in [2.45, 2.75) is 29.4 Å². The van der Waals surface area contributed by atoms with Crippen LogP contribution in [-0.2, 0) is 10.1 Å². The Bertz CT molecular complexity index is 442. The Hall–Kier alpha value is -0.193. The van der Waals surface area contributed by atoms with E-state index in [2.05, 4.69) is 0 Å². The first-order chi connectivity index (χ1) is 7.90. The summed E-state index contributed by atoms with van der Waals surface area (Å²) in [5, 5.41) is 0. The van der Waals surface area contributed by atoms with Crippen LogP contribution in [-0.4, -0.2) is 42.4 Å². The molecule has 0 fully saturated rings. The molecule has 0 aromatic rings. The summed E-state index contributed by atoms with van der Waals surface area (Å²) in [6, 6.07) is 0. The van der Waals surface area contributed by atoms with E-state index in [1.165, 1.54) is 0 Å². The van der Waals surface area contributed by atoms with Gasteiger partial charge in [-0.25, -0.2) is 12.8 Å². The van der Waals surface area contributed by atoms with E-state index in [1.807, 2.05) is 0 Å². The van der Waals surface area contributed by atoms with E-state index in [0.717, 1.165) is 0 Å². The van der Waals surface area contributed by atoms with Gasteiger partial charge in [0.05, 0.1) is 0 Å². The second-order valence-electron chi connectivity index (χ2n) is 3.08. The van der Waals surface area contributed by atoms with Crippen LogP contribution in [0.2, 0.25) is 0 Å². The number of alkyl halides is 10. The van der Waals surface area contributed by atoms with Gasteiger partial charge < -0.3 is 4.55 Å². The topological polar surface area (TPSA) is 57.2 Å². The molecule has 0 radical (unpaired) electrons. The first-order valence-electron chi connectivity index (χ1n) is 3.69. The summed E-state index contributed by atoms with van der Waals surface area (Å²) in [7, 11) is -6.90. The van der Waals surface area contributed by atoms with Gasteiger partial charge in [0, 0.05) is 0 Å². The molecule has 0 heterocycles. The Kier molecular flexibility index (Phi) is 6.12. The van der Waals surface area contributed by atoms with Gasteiger partial charge in [-0.05, 0) is 0 Å². The normalized spacial score (nSPS) is 16.6. The molecule has 0 spiro atoms. The third kappa shape index (κ3) is 3.34. The molecule has 1 atom stereocenters. The van der Waals surface area contributed by atoms with E-state index >= 15 is 0 Å². The minimum atomic E-state index is -7.49. The van der Waals surface area contributed by atoms with Crippen molar-refractivity contribution in [3.63, 3.8) is 0 Å². The summed E-state index contributed by atoms with van der Waals surface area (Å²) in [5.41, 5.74) is -5.48. The first-order valence-corrected chi connectivity index (χ1v) is 5.16. The van der Waals surface area contributed by atoms with Gasteiger partial charge in [0.25, 0.3) is 5.50 Å². The molecule has 0 aliphatic heterocycles. The summed E-state index contributed by atoms with van der Waals surface area (Å²) in [6.07, 6.45) is -7.23. The number of halogens is 10. The molecule has 0 bridgehead atoms. The van der Waals surface area contributed by atoms with E-state index in [-0.39, 0.29) is 18.9 Å². The van der Waals surface area contributed by atoms with Gasteiger partial charge in [0.1, 0.15) is 10.1 Å². The summed E-state index contributed by atoms with van der Waals surface area (Å²) < 4.78 is 150. The van der Waals surface area contributed by atoms with Gasteiger partial charge in [-0.2, -0.15) is 39.5 Å². The van der Waals surface area contributed by atoms with Crippen LogP contribution in [0.4, 0.5) is 43.9 Å². The van der Waals surface area contributed by atoms with E-state index < -0.39 is 39.6 Å². The molecule has 20 heavy (non-hydrogen) atoms. The van der Waals surface area contributed by atoms with Crippen LogP contribution in [0.3, 0.4) is 0 Å². The molecule has 0 N–H and O–H groups in total. The van der Waals surface area contributed by atoms with Crippen LogP contribution in [0.1, 0.15) is 0 Å². The predicted octanol–water partition coefficient (Wildman–Crippen LogP) is -0.701. The van der Waals surface area contributed by atoms with Gasteiger partial charge in [0.15, 0.2) is 0 Å². The second-order valence-corrected chi connectivity index (χ2v) is 4.48. The van der Waals surface area contributed by atoms with Gasteiger partial charge in [-0.3, -0.25) is 0 Å². The molecule has 0 saturated heterocycles. The molecule has 0 aliphatic carbocycles. The first kappa shape index (κ1) is 22.1. The van der Waals surface area contributed by atoms with Crippen molar-refractivity contribution < 1.29 is 75.7 Å². The molecular weight excluding hydrogens is 337 g/mol. The molecule has 116 valence electrons. The van der Waals surface area contributed by atoms with Crippen LogP contribution in [0.15, 0.2) is 0 Å². The molecule has 0 rings (SSSR count).